The third kappa shape index (κ3) is 4.40. The number of amides is 1. The molecule has 1 aliphatic rings. The molecule has 2 aromatic heterocycles. The molecule has 152 valence electrons. The summed E-state index contributed by atoms with van der Waals surface area (Å²) in [7, 11) is 0. The van der Waals surface area contributed by atoms with Crippen LogP contribution in [-0.4, -0.2) is 31.0 Å². The molecule has 1 N–H and O–H groups in total. The molecule has 0 unspecified atom stereocenters. The highest BCUT2D eigenvalue weighted by Gasteiger charge is 2.21. The molecule has 2 heterocycles. The largest absolute Gasteiger partial charge is 0.310 e. The van der Waals surface area contributed by atoms with Gasteiger partial charge < -0.3 is 5.32 Å². The van der Waals surface area contributed by atoms with Crippen LogP contribution in [0.4, 0.5) is 5.82 Å². The molecular weight excluding hydrogens is 382 g/mol. The summed E-state index contributed by atoms with van der Waals surface area (Å²) in [6.07, 6.45) is 10.2. The Balaban J connectivity index is 1.43. The summed E-state index contributed by atoms with van der Waals surface area (Å²) in [5.41, 5.74) is 2.37. The molecule has 0 saturated heterocycles. The Labute approximate surface area is 175 Å². The summed E-state index contributed by atoms with van der Waals surface area (Å²) in [6.45, 7) is 4.37. The van der Waals surface area contributed by atoms with Crippen LogP contribution in [0.15, 0.2) is 54.1 Å². The summed E-state index contributed by atoms with van der Waals surface area (Å²) >= 11 is 1.45. The number of anilines is 1. The second kappa shape index (κ2) is 8.86. The maximum Gasteiger partial charge on any atom is 0.235 e. The number of benzene rings is 1. The van der Waals surface area contributed by atoms with Crippen molar-refractivity contribution in [3.8, 4) is 5.69 Å². The van der Waals surface area contributed by atoms with Gasteiger partial charge in [-0.05, 0) is 30.4 Å². The van der Waals surface area contributed by atoms with Crippen LogP contribution in [0.3, 0.4) is 0 Å². The van der Waals surface area contributed by atoms with E-state index < -0.39 is 0 Å². The first kappa shape index (κ1) is 19.8. The highest BCUT2D eigenvalue weighted by atomic mass is 32.2. The molecular formula is C22H27N5OS. The number of thioether (sulfide) groups is 1. The highest BCUT2D eigenvalue weighted by molar-refractivity contribution is 7.99. The fraction of sp³-hybridized carbons (Fsp3) is 0.409. The average molecular weight is 410 g/mol. The lowest BCUT2D eigenvalue weighted by Crippen LogP contribution is -2.19. The van der Waals surface area contributed by atoms with Gasteiger partial charge in [0.2, 0.25) is 5.91 Å². The van der Waals surface area contributed by atoms with Crippen LogP contribution in [0, 0.1) is 0 Å². The lowest BCUT2D eigenvalue weighted by atomic mass is 10.0. The first-order valence-corrected chi connectivity index (χ1v) is 11.2. The summed E-state index contributed by atoms with van der Waals surface area (Å²) in [6, 6.07) is 10.6. The molecule has 4 rings (SSSR count). The Morgan fingerprint density at radius 1 is 1.21 bits per heavy atom. The smallest absolute Gasteiger partial charge is 0.235 e. The normalized spacial score (nSPS) is 14.6. The van der Waals surface area contributed by atoms with Crippen LogP contribution < -0.4 is 5.32 Å². The quantitative estimate of drug-likeness (QED) is 0.555. The van der Waals surface area contributed by atoms with Crippen LogP contribution in [0.5, 0.6) is 0 Å². The van der Waals surface area contributed by atoms with Crippen LogP contribution >= 0.6 is 11.8 Å². The average Bonchev–Trinajstić information content (AvgIpc) is 3.47. The number of hydrogen-bond acceptors (Lipinski definition) is 4. The summed E-state index contributed by atoms with van der Waals surface area (Å²) < 4.78 is 4.03. The standard InChI is InChI=1S/C22H27N5OS/c1-16(2)18-9-5-6-10-19(18)26-14-13-23-22(26)29-15-21(28)25-20-11-12-24-27(20)17-7-3-4-8-17/h5-6,9-14,16-17H,3-4,7-8,15H2,1-2H3,(H,25,28). The van der Waals surface area contributed by atoms with Gasteiger partial charge in [-0.3, -0.25) is 9.36 Å². The van der Waals surface area contributed by atoms with Crippen molar-refractivity contribution in [3.05, 3.63) is 54.5 Å². The second-order valence-corrected chi connectivity index (χ2v) is 8.67. The van der Waals surface area contributed by atoms with E-state index >= 15 is 0 Å². The minimum atomic E-state index is -0.0403. The molecule has 1 amide bonds. The maximum absolute atomic E-state index is 12.6. The van der Waals surface area contributed by atoms with E-state index in [4.69, 9.17) is 0 Å². The van der Waals surface area contributed by atoms with E-state index in [0.717, 1.165) is 29.5 Å². The number of imidazole rings is 1. The summed E-state index contributed by atoms with van der Waals surface area (Å²) in [4.78, 5) is 17.1. The van der Waals surface area contributed by atoms with Crippen molar-refractivity contribution in [1.29, 1.82) is 0 Å². The van der Waals surface area contributed by atoms with Gasteiger partial charge in [-0.2, -0.15) is 5.10 Å². The molecule has 3 aromatic rings. The minimum absolute atomic E-state index is 0.0403. The van der Waals surface area contributed by atoms with Gasteiger partial charge in [0.25, 0.3) is 0 Å². The summed E-state index contributed by atoms with van der Waals surface area (Å²) in [5.74, 6) is 1.46. The van der Waals surface area contributed by atoms with E-state index in [1.165, 1.54) is 30.2 Å². The molecule has 1 aliphatic carbocycles. The van der Waals surface area contributed by atoms with Crippen molar-refractivity contribution in [3.63, 3.8) is 0 Å². The number of hydrogen-bond donors (Lipinski definition) is 1. The Kier molecular flexibility index (Phi) is 6.04. The van der Waals surface area contributed by atoms with Gasteiger partial charge in [-0.1, -0.05) is 56.7 Å². The first-order chi connectivity index (χ1) is 14.1. The number of nitrogens with zero attached hydrogens (tertiary/aromatic N) is 4. The molecule has 1 aromatic carbocycles. The lowest BCUT2D eigenvalue weighted by molar-refractivity contribution is -0.113. The molecule has 0 atom stereocenters. The zero-order chi connectivity index (χ0) is 20.2. The molecule has 7 heteroatoms. The maximum atomic E-state index is 12.6. The first-order valence-electron chi connectivity index (χ1n) is 10.2. The van der Waals surface area contributed by atoms with E-state index in [9.17, 15) is 4.79 Å². The van der Waals surface area contributed by atoms with Gasteiger partial charge >= 0.3 is 0 Å². The van der Waals surface area contributed by atoms with Crippen molar-refractivity contribution in [2.45, 2.75) is 56.6 Å². The molecule has 29 heavy (non-hydrogen) atoms. The monoisotopic (exact) mass is 409 g/mol. The van der Waals surface area contributed by atoms with Gasteiger partial charge in [0, 0.05) is 18.5 Å². The van der Waals surface area contributed by atoms with Gasteiger partial charge in [0.05, 0.1) is 23.7 Å². The molecule has 0 spiro atoms. The van der Waals surface area contributed by atoms with Gasteiger partial charge in [0.1, 0.15) is 5.82 Å². The number of rotatable bonds is 7. The van der Waals surface area contributed by atoms with Crippen LogP contribution in [0.1, 0.15) is 57.1 Å². The number of para-hydroxylation sites is 1. The van der Waals surface area contributed by atoms with Crippen molar-refractivity contribution in [1.82, 2.24) is 19.3 Å². The van der Waals surface area contributed by atoms with Gasteiger partial charge in [0.15, 0.2) is 5.16 Å². The Hall–Kier alpha value is -2.54. The van der Waals surface area contributed by atoms with Crippen LogP contribution in [-0.2, 0) is 4.79 Å². The van der Waals surface area contributed by atoms with Crippen molar-refractivity contribution in [2.24, 2.45) is 0 Å². The summed E-state index contributed by atoms with van der Waals surface area (Å²) in [5, 5.41) is 8.26. The minimum Gasteiger partial charge on any atom is -0.310 e. The van der Waals surface area contributed by atoms with E-state index in [1.54, 1.807) is 12.4 Å². The predicted octanol–water partition coefficient (Wildman–Crippen LogP) is 5.04. The molecule has 0 radical (unpaired) electrons. The number of nitrogens with one attached hydrogen (secondary N) is 1. The zero-order valence-corrected chi connectivity index (χ0v) is 17.7. The fourth-order valence-corrected chi connectivity index (χ4v) is 4.70. The van der Waals surface area contributed by atoms with Crippen molar-refractivity contribution in [2.75, 3.05) is 11.1 Å². The Bertz CT molecular complexity index is 971. The van der Waals surface area contributed by atoms with E-state index in [1.807, 2.05) is 23.0 Å². The zero-order valence-electron chi connectivity index (χ0n) is 16.9. The SMILES string of the molecule is CC(C)c1ccccc1-n1ccnc1SCC(=O)Nc1ccnn1C1CCCC1. The number of aromatic nitrogens is 4. The lowest BCUT2D eigenvalue weighted by Gasteiger charge is -2.16. The highest BCUT2D eigenvalue weighted by Crippen LogP contribution is 2.31. The van der Waals surface area contributed by atoms with Gasteiger partial charge in [-0.25, -0.2) is 9.67 Å². The number of carbonyl (C=O) groups excluding carboxylic acids is 1. The molecule has 1 saturated carbocycles. The second-order valence-electron chi connectivity index (χ2n) is 7.73. The van der Waals surface area contributed by atoms with Crippen LogP contribution in [0.2, 0.25) is 0 Å². The third-order valence-electron chi connectivity index (χ3n) is 5.37. The van der Waals surface area contributed by atoms with Gasteiger partial charge in [-0.15, -0.1) is 0 Å². The topological polar surface area (TPSA) is 64.7 Å². The van der Waals surface area contributed by atoms with E-state index in [2.05, 4.69) is 52.0 Å². The molecule has 0 aliphatic heterocycles. The van der Waals surface area contributed by atoms with E-state index in [-0.39, 0.29) is 5.91 Å². The van der Waals surface area contributed by atoms with E-state index in [0.29, 0.717) is 17.7 Å². The third-order valence-corrected chi connectivity index (χ3v) is 6.33. The molecule has 1 fully saturated rings. The predicted molar refractivity (Wildman–Crippen MR) is 117 cm³/mol. The molecule has 6 nitrogen and oxygen atoms in total. The molecule has 0 bridgehead atoms. The Morgan fingerprint density at radius 3 is 2.79 bits per heavy atom. The van der Waals surface area contributed by atoms with Crippen molar-refractivity contribution < 1.29 is 4.79 Å². The van der Waals surface area contributed by atoms with Crippen molar-refractivity contribution >= 4 is 23.5 Å². The fourth-order valence-electron chi connectivity index (χ4n) is 3.94. The number of carbonyl (C=O) groups is 1. The Morgan fingerprint density at radius 2 is 2.00 bits per heavy atom. The van der Waals surface area contributed by atoms with Crippen LogP contribution in [0.25, 0.3) is 5.69 Å².